The summed E-state index contributed by atoms with van der Waals surface area (Å²) >= 11 is 0. The molecule has 0 aromatic heterocycles. The molecule has 5 rings (SSSR count). The molecule has 3 fully saturated rings. The summed E-state index contributed by atoms with van der Waals surface area (Å²) in [7, 11) is 0. The zero-order valence-corrected chi connectivity index (χ0v) is 22.6. The Balaban J connectivity index is 1.01. The van der Waals surface area contributed by atoms with Gasteiger partial charge in [-0.1, -0.05) is 18.2 Å². The second-order valence-electron chi connectivity index (χ2n) is 10.6. The van der Waals surface area contributed by atoms with E-state index in [9.17, 15) is 19.2 Å². The number of nitrogens with one attached hydrogen (secondary N) is 2. The maximum absolute atomic E-state index is 12.6. The molecule has 2 N–H and O–H groups in total. The fourth-order valence-electron chi connectivity index (χ4n) is 5.59. The first-order valence-corrected chi connectivity index (χ1v) is 14.1. The summed E-state index contributed by atoms with van der Waals surface area (Å²) in [6.07, 6.45) is 5.80. The van der Waals surface area contributed by atoms with Crippen molar-refractivity contribution in [1.82, 2.24) is 15.5 Å². The molecule has 216 valence electrons. The Hall–Kier alpha value is -3.12. The highest BCUT2D eigenvalue weighted by Crippen LogP contribution is 2.34. The van der Waals surface area contributed by atoms with E-state index in [1.807, 2.05) is 18.2 Å². The predicted molar refractivity (Wildman–Crippen MR) is 141 cm³/mol. The lowest BCUT2D eigenvalue weighted by Crippen LogP contribution is -2.41. The molecule has 11 nitrogen and oxygen atoms in total. The third-order valence-corrected chi connectivity index (χ3v) is 7.88. The molecule has 0 spiro atoms. The van der Waals surface area contributed by atoms with Gasteiger partial charge in [-0.2, -0.15) is 0 Å². The highest BCUT2D eigenvalue weighted by molar-refractivity contribution is 6.12. The van der Waals surface area contributed by atoms with Crippen LogP contribution >= 0.6 is 0 Å². The topological polar surface area (TPSA) is 132 Å². The summed E-state index contributed by atoms with van der Waals surface area (Å²) in [5.41, 5.74) is 2.81. The maximum atomic E-state index is 12.6. The van der Waals surface area contributed by atoms with E-state index < -0.39 is 12.6 Å². The van der Waals surface area contributed by atoms with Gasteiger partial charge in [-0.05, 0) is 43.6 Å². The normalized spacial score (nSPS) is 23.8. The zero-order chi connectivity index (χ0) is 27.9. The van der Waals surface area contributed by atoms with Crippen molar-refractivity contribution in [3.05, 3.63) is 47.0 Å². The van der Waals surface area contributed by atoms with Gasteiger partial charge in [-0.3, -0.25) is 24.1 Å². The third-order valence-electron chi connectivity index (χ3n) is 7.88. The van der Waals surface area contributed by atoms with E-state index in [0.29, 0.717) is 51.7 Å². The van der Waals surface area contributed by atoms with Crippen molar-refractivity contribution in [3.8, 4) is 0 Å². The van der Waals surface area contributed by atoms with E-state index in [0.717, 1.165) is 47.3 Å². The van der Waals surface area contributed by atoms with E-state index in [-0.39, 0.29) is 42.6 Å². The molecule has 3 aliphatic heterocycles. The number of imide groups is 1. The molecule has 0 radical (unpaired) electrons. The van der Waals surface area contributed by atoms with E-state index in [4.69, 9.17) is 18.9 Å². The van der Waals surface area contributed by atoms with Crippen molar-refractivity contribution in [2.75, 3.05) is 46.1 Å². The number of carbonyl (C=O) groups is 4. The standard InChI is InChI=1S/C29H37N3O8/c33-24(8-4-19-3-7-22(28-37-13-14-38-28)23(17-19)29-39-15-16-40-29)31-18-20-1-5-21(6-2-20)27(36)30-11-12-32-25(34)9-10-26(32)35/h3,7,9-10,17,20-21,28-29H,1-2,4-6,8,11-16,18H2,(H,30,36)(H,31,33). The molecule has 0 bridgehead atoms. The van der Waals surface area contributed by atoms with Crippen LogP contribution in [0.4, 0.5) is 0 Å². The molecule has 4 aliphatic rings. The SMILES string of the molecule is O=C(CCc1ccc(C2OCCO2)c(C2OCCO2)c1)NCC1CCC(C(=O)NCCN2C(=O)C=CC2=O)CC1. The predicted octanol–water partition coefficient (Wildman–Crippen LogP) is 1.67. The highest BCUT2D eigenvalue weighted by Gasteiger charge is 2.29. The number of aryl methyl sites for hydroxylation is 1. The van der Waals surface area contributed by atoms with E-state index in [2.05, 4.69) is 10.6 Å². The second kappa shape index (κ2) is 13.5. The van der Waals surface area contributed by atoms with Gasteiger partial charge in [-0.25, -0.2) is 0 Å². The van der Waals surface area contributed by atoms with Crippen LogP contribution in [0.1, 0.15) is 61.4 Å². The Labute approximate surface area is 233 Å². The molecule has 0 atom stereocenters. The van der Waals surface area contributed by atoms with Gasteiger partial charge in [0.05, 0.1) is 26.4 Å². The quantitative estimate of drug-likeness (QED) is 0.394. The molecular weight excluding hydrogens is 518 g/mol. The minimum atomic E-state index is -0.454. The Kier molecular flexibility index (Phi) is 9.58. The van der Waals surface area contributed by atoms with Crippen LogP contribution in [0.2, 0.25) is 0 Å². The summed E-state index contributed by atoms with van der Waals surface area (Å²) in [6.45, 7) is 3.21. The minimum Gasteiger partial charge on any atom is -0.356 e. The smallest absolute Gasteiger partial charge is 0.253 e. The van der Waals surface area contributed by atoms with Gasteiger partial charge in [0.15, 0.2) is 12.6 Å². The van der Waals surface area contributed by atoms with Crippen LogP contribution in [0.5, 0.6) is 0 Å². The lowest BCUT2D eigenvalue weighted by Gasteiger charge is -2.28. The van der Waals surface area contributed by atoms with Crippen LogP contribution in [0.3, 0.4) is 0 Å². The fourth-order valence-corrected chi connectivity index (χ4v) is 5.59. The van der Waals surface area contributed by atoms with Gasteiger partial charge < -0.3 is 29.6 Å². The molecule has 11 heteroatoms. The average molecular weight is 556 g/mol. The molecule has 0 unspecified atom stereocenters. The average Bonchev–Trinajstić information content (AvgIpc) is 3.76. The first-order chi connectivity index (χ1) is 19.5. The van der Waals surface area contributed by atoms with Crippen molar-refractivity contribution in [1.29, 1.82) is 0 Å². The van der Waals surface area contributed by atoms with Gasteiger partial charge in [-0.15, -0.1) is 0 Å². The first kappa shape index (κ1) is 28.4. The third kappa shape index (κ3) is 7.14. The van der Waals surface area contributed by atoms with Crippen LogP contribution in [0.25, 0.3) is 0 Å². The van der Waals surface area contributed by atoms with Crippen LogP contribution < -0.4 is 10.6 Å². The molecule has 40 heavy (non-hydrogen) atoms. The number of nitrogens with zero attached hydrogens (tertiary/aromatic N) is 1. The molecule has 1 aliphatic carbocycles. The van der Waals surface area contributed by atoms with Crippen molar-refractivity contribution < 1.29 is 38.1 Å². The van der Waals surface area contributed by atoms with Crippen LogP contribution in [-0.4, -0.2) is 74.6 Å². The maximum Gasteiger partial charge on any atom is 0.253 e. The van der Waals surface area contributed by atoms with Crippen LogP contribution in [-0.2, 0) is 44.5 Å². The van der Waals surface area contributed by atoms with Crippen LogP contribution in [0.15, 0.2) is 30.4 Å². The Morgan fingerprint density at radius 2 is 1.45 bits per heavy atom. The Morgan fingerprint density at radius 1 is 0.825 bits per heavy atom. The van der Waals surface area contributed by atoms with Crippen molar-refractivity contribution >= 4 is 23.6 Å². The number of ether oxygens (including phenoxy) is 4. The van der Waals surface area contributed by atoms with Gasteiger partial charge in [0, 0.05) is 55.3 Å². The number of amides is 4. The van der Waals surface area contributed by atoms with Crippen molar-refractivity contribution in [2.45, 2.75) is 51.1 Å². The van der Waals surface area contributed by atoms with Gasteiger partial charge in [0.1, 0.15) is 0 Å². The molecule has 3 heterocycles. The molecule has 1 aromatic carbocycles. The van der Waals surface area contributed by atoms with Crippen molar-refractivity contribution in [3.63, 3.8) is 0 Å². The molecule has 2 saturated heterocycles. The fraction of sp³-hybridized carbons (Fsp3) is 0.586. The monoisotopic (exact) mass is 555 g/mol. The lowest BCUT2D eigenvalue weighted by molar-refractivity contribution is -0.137. The van der Waals surface area contributed by atoms with E-state index in [1.54, 1.807) is 0 Å². The number of hydrogen-bond donors (Lipinski definition) is 2. The minimum absolute atomic E-state index is 0.00168. The van der Waals surface area contributed by atoms with Crippen LogP contribution in [0, 0.1) is 11.8 Å². The molecular formula is C29H37N3O8. The largest absolute Gasteiger partial charge is 0.356 e. The zero-order valence-electron chi connectivity index (χ0n) is 22.6. The van der Waals surface area contributed by atoms with Gasteiger partial charge >= 0.3 is 0 Å². The van der Waals surface area contributed by atoms with Gasteiger partial charge in [0.25, 0.3) is 11.8 Å². The Morgan fingerprint density at radius 3 is 2.10 bits per heavy atom. The summed E-state index contributed by atoms with van der Waals surface area (Å²) in [4.78, 5) is 49.4. The number of rotatable bonds is 11. The Bertz CT molecular complexity index is 1100. The highest BCUT2D eigenvalue weighted by atomic mass is 16.7. The van der Waals surface area contributed by atoms with Gasteiger partial charge in [0.2, 0.25) is 11.8 Å². The number of benzene rings is 1. The molecule has 1 aromatic rings. The summed E-state index contributed by atoms with van der Waals surface area (Å²) in [5.74, 6) is -0.473. The summed E-state index contributed by atoms with van der Waals surface area (Å²) in [5, 5.41) is 5.91. The number of hydrogen-bond acceptors (Lipinski definition) is 8. The summed E-state index contributed by atoms with van der Waals surface area (Å²) in [6, 6.07) is 5.99. The van der Waals surface area contributed by atoms with Crippen molar-refractivity contribution in [2.24, 2.45) is 11.8 Å². The first-order valence-electron chi connectivity index (χ1n) is 14.1. The molecule has 4 amide bonds. The number of carbonyl (C=O) groups excluding carboxylic acids is 4. The van der Waals surface area contributed by atoms with E-state index >= 15 is 0 Å². The second-order valence-corrected chi connectivity index (χ2v) is 10.6. The summed E-state index contributed by atoms with van der Waals surface area (Å²) < 4.78 is 22.8. The molecule has 1 saturated carbocycles. The van der Waals surface area contributed by atoms with E-state index in [1.165, 1.54) is 12.2 Å². The lowest BCUT2D eigenvalue weighted by atomic mass is 9.81.